The van der Waals surface area contributed by atoms with Crippen molar-refractivity contribution in [3.8, 4) is 0 Å². The Morgan fingerprint density at radius 1 is 0.469 bits per heavy atom. The van der Waals surface area contributed by atoms with Crippen molar-refractivity contribution in [3.05, 3.63) is 0 Å². The molecule has 11 heteroatoms. The Hall–Kier alpha value is -0.440. The van der Waals surface area contributed by atoms with Gasteiger partial charge in [-0.05, 0) is 19.3 Å². The van der Waals surface area contributed by atoms with E-state index in [0.29, 0.717) is 19.6 Å². The van der Waals surface area contributed by atoms with Gasteiger partial charge in [0.1, 0.15) is 0 Å². The van der Waals surface area contributed by atoms with E-state index in [1.807, 2.05) is 0 Å². The molecule has 3 heterocycles. The van der Waals surface area contributed by atoms with E-state index in [1.54, 1.807) is 28.4 Å². The van der Waals surface area contributed by atoms with Gasteiger partial charge in [-0.25, -0.2) is 0 Å². The van der Waals surface area contributed by atoms with Gasteiger partial charge >= 0.3 is 0 Å². The van der Waals surface area contributed by atoms with Crippen LogP contribution < -0.4 is 16.0 Å². The van der Waals surface area contributed by atoms with Crippen molar-refractivity contribution in [2.45, 2.75) is 68.1 Å². The minimum Gasteiger partial charge on any atom is -0.390 e. The standard InChI is InChI=1S/C6H12O2.3C5H11NO2/c1-8-6-4-2-3-5(6)7;3*1-8-5-3-6-2-4(5)7/h5-7H,2-4H2,1H3;3*4-7H,2-3H2,1H3/t5-,6-;2*4-,5+;4-,5-/m0101/s1. The monoisotopic (exact) mass is 467 g/mol. The first kappa shape index (κ1) is 29.6. The highest BCUT2D eigenvalue weighted by Gasteiger charge is 2.25. The second-order valence-corrected chi connectivity index (χ2v) is 8.27. The highest BCUT2D eigenvalue weighted by Crippen LogP contribution is 2.20. The summed E-state index contributed by atoms with van der Waals surface area (Å²) in [5.41, 5.74) is 0. The third-order valence-electron chi connectivity index (χ3n) is 6.01. The second-order valence-electron chi connectivity index (χ2n) is 8.27. The van der Waals surface area contributed by atoms with Crippen molar-refractivity contribution in [2.24, 2.45) is 0 Å². The van der Waals surface area contributed by atoms with Crippen molar-refractivity contribution in [3.63, 3.8) is 0 Å². The lowest BCUT2D eigenvalue weighted by Crippen LogP contribution is -2.25. The number of hydrogen-bond donors (Lipinski definition) is 7. The van der Waals surface area contributed by atoms with Crippen molar-refractivity contribution < 1.29 is 39.4 Å². The van der Waals surface area contributed by atoms with Crippen molar-refractivity contribution >= 4 is 0 Å². The maximum absolute atomic E-state index is 9.06. The van der Waals surface area contributed by atoms with Gasteiger partial charge in [0, 0.05) is 67.7 Å². The molecule has 0 bridgehead atoms. The van der Waals surface area contributed by atoms with E-state index in [0.717, 1.165) is 38.9 Å². The molecule has 0 aromatic heterocycles. The maximum Gasteiger partial charge on any atom is 0.0966 e. The fraction of sp³-hybridized carbons (Fsp3) is 1.00. The summed E-state index contributed by atoms with van der Waals surface area (Å²) in [7, 11) is 6.49. The zero-order valence-electron chi connectivity index (χ0n) is 19.9. The highest BCUT2D eigenvalue weighted by molar-refractivity contribution is 4.81. The molecule has 0 spiro atoms. The van der Waals surface area contributed by atoms with Gasteiger partial charge in [-0.3, -0.25) is 0 Å². The fourth-order valence-electron chi connectivity index (χ4n) is 3.83. The average molecular weight is 468 g/mol. The van der Waals surface area contributed by atoms with Crippen LogP contribution in [0.15, 0.2) is 0 Å². The number of rotatable bonds is 4. The molecule has 0 aromatic carbocycles. The molecule has 1 saturated carbocycles. The summed E-state index contributed by atoms with van der Waals surface area (Å²) >= 11 is 0. The van der Waals surface area contributed by atoms with E-state index in [2.05, 4.69) is 16.0 Å². The molecule has 0 aromatic rings. The van der Waals surface area contributed by atoms with Crippen LogP contribution in [0.25, 0.3) is 0 Å². The largest absolute Gasteiger partial charge is 0.390 e. The smallest absolute Gasteiger partial charge is 0.0966 e. The first-order valence-corrected chi connectivity index (χ1v) is 11.3. The Morgan fingerprint density at radius 2 is 0.812 bits per heavy atom. The lowest BCUT2D eigenvalue weighted by molar-refractivity contribution is 0.00983. The Morgan fingerprint density at radius 3 is 0.938 bits per heavy atom. The molecular weight excluding hydrogens is 422 g/mol. The van der Waals surface area contributed by atoms with E-state index in [-0.39, 0.29) is 48.8 Å². The molecule has 0 unspecified atom stereocenters. The van der Waals surface area contributed by atoms with E-state index in [9.17, 15) is 0 Å². The molecule has 0 radical (unpaired) electrons. The third-order valence-corrected chi connectivity index (χ3v) is 6.01. The molecule has 3 saturated heterocycles. The summed E-state index contributed by atoms with van der Waals surface area (Å²) in [6.07, 6.45) is 2.09. The van der Waals surface area contributed by atoms with E-state index in [1.165, 1.54) is 0 Å². The average Bonchev–Trinajstić information content (AvgIpc) is 3.58. The summed E-state index contributed by atoms with van der Waals surface area (Å²) in [6.45, 7) is 4.32. The number of aliphatic hydroxyl groups is 4. The third kappa shape index (κ3) is 10.7. The molecule has 7 N–H and O–H groups in total. The van der Waals surface area contributed by atoms with Crippen LogP contribution in [0.4, 0.5) is 0 Å². The molecule has 1 aliphatic carbocycles. The molecule has 32 heavy (non-hydrogen) atoms. The van der Waals surface area contributed by atoms with Gasteiger partial charge < -0.3 is 55.3 Å². The van der Waals surface area contributed by atoms with Crippen LogP contribution >= 0.6 is 0 Å². The quantitative estimate of drug-likeness (QED) is 0.234. The Balaban J connectivity index is 0.000000213. The Kier molecular flexibility index (Phi) is 15.8. The molecule has 4 aliphatic rings. The molecule has 0 amide bonds. The van der Waals surface area contributed by atoms with E-state index >= 15 is 0 Å². The summed E-state index contributed by atoms with van der Waals surface area (Å²) in [4.78, 5) is 0. The summed E-state index contributed by atoms with van der Waals surface area (Å²) in [5, 5.41) is 45.1. The molecule has 4 fully saturated rings. The van der Waals surface area contributed by atoms with Gasteiger partial charge in [0.15, 0.2) is 0 Å². The van der Waals surface area contributed by atoms with Crippen LogP contribution in [0, 0.1) is 0 Å². The van der Waals surface area contributed by atoms with Gasteiger partial charge in [-0.1, -0.05) is 0 Å². The molecule has 4 rings (SSSR count). The minimum atomic E-state index is -0.306. The van der Waals surface area contributed by atoms with Gasteiger partial charge in [0.25, 0.3) is 0 Å². The number of β-amino-alcohol motifs (C(OH)–C–C–N with tert-alkyl or cyclic N) is 3. The maximum atomic E-state index is 9.06. The first-order chi connectivity index (χ1) is 15.4. The number of ether oxygens (including phenoxy) is 4. The van der Waals surface area contributed by atoms with Crippen molar-refractivity contribution in [2.75, 3.05) is 67.7 Å². The van der Waals surface area contributed by atoms with E-state index < -0.39 is 0 Å². The predicted octanol–water partition coefficient (Wildman–Crippen LogP) is -2.56. The van der Waals surface area contributed by atoms with Crippen LogP contribution in [-0.4, -0.2) is 137 Å². The number of aliphatic hydroxyl groups excluding tert-OH is 4. The molecule has 8 atom stereocenters. The lowest BCUT2D eigenvalue weighted by atomic mass is 10.3. The molecule has 192 valence electrons. The van der Waals surface area contributed by atoms with E-state index in [4.69, 9.17) is 39.4 Å². The number of hydrogen-bond acceptors (Lipinski definition) is 11. The zero-order chi connectivity index (χ0) is 23.9. The van der Waals surface area contributed by atoms with Gasteiger partial charge in [-0.15, -0.1) is 0 Å². The summed E-state index contributed by atoms with van der Waals surface area (Å²) in [6, 6.07) is 0. The summed E-state index contributed by atoms with van der Waals surface area (Å²) in [5.74, 6) is 0. The first-order valence-electron chi connectivity index (χ1n) is 11.3. The highest BCUT2D eigenvalue weighted by atomic mass is 16.5. The topological polar surface area (TPSA) is 154 Å². The van der Waals surface area contributed by atoms with Crippen molar-refractivity contribution in [1.82, 2.24) is 16.0 Å². The van der Waals surface area contributed by atoms with Crippen molar-refractivity contribution in [1.29, 1.82) is 0 Å². The normalized spacial score (nSPS) is 38.2. The molecule has 3 aliphatic heterocycles. The van der Waals surface area contributed by atoms with Gasteiger partial charge in [0.2, 0.25) is 0 Å². The predicted molar refractivity (Wildman–Crippen MR) is 120 cm³/mol. The molecule has 11 nitrogen and oxygen atoms in total. The number of methoxy groups -OCH3 is 4. The van der Waals surface area contributed by atoms with Crippen LogP contribution in [0.2, 0.25) is 0 Å². The minimum absolute atomic E-state index is 0.00926. The number of nitrogens with one attached hydrogen (secondary N) is 3. The second kappa shape index (κ2) is 17.1. The summed E-state index contributed by atoms with van der Waals surface area (Å²) < 4.78 is 19.7. The fourth-order valence-corrected chi connectivity index (χ4v) is 3.83. The van der Waals surface area contributed by atoms with Crippen LogP contribution in [0.1, 0.15) is 19.3 Å². The van der Waals surface area contributed by atoms with Gasteiger partial charge in [0.05, 0.1) is 48.8 Å². The zero-order valence-corrected chi connectivity index (χ0v) is 19.9. The van der Waals surface area contributed by atoms with Gasteiger partial charge in [-0.2, -0.15) is 0 Å². The van der Waals surface area contributed by atoms with Crippen LogP contribution in [-0.2, 0) is 18.9 Å². The lowest BCUT2D eigenvalue weighted by Gasteiger charge is -2.10. The Labute approximate surface area is 191 Å². The van der Waals surface area contributed by atoms with Crippen LogP contribution in [0.3, 0.4) is 0 Å². The molecular formula is C21H45N3O8. The SMILES string of the molecule is CO[C@@H]1CNC[C@@H]1O.CO[C@@H]1CNC[C@H]1O.CO[C@H]1CCC[C@@H]1O.CO[C@H]1CNC[C@H]1O. The Bertz CT molecular complexity index is 385. The van der Waals surface area contributed by atoms with Crippen LogP contribution in [0.5, 0.6) is 0 Å².